The highest BCUT2D eigenvalue weighted by molar-refractivity contribution is 8.01. The van der Waals surface area contributed by atoms with Crippen molar-refractivity contribution in [2.75, 3.05) is 12.3 Å². The quantitative estimate of drug-likeness (QED) is 0.729. The van der Waals surface area contributed by atoms with Crippen LogP contribution in [0, 0.1) is 6.92 Å². The third-order valence-corrected chi connectivity index (χ3v) is 5.23. The van der Waals surface area contributed by atoms with Crippen LogP contribution in [0.5, 0.6) is 0 Å². The zero-order valence-corrected chi connectivity index (χ0v) is 13.2. The highest BCUT2D eigenvalue weighted by Crippen LogP contribution is 2.28. The Kier molecular flexibility index (Phi) is 5.95. The van der Waals surface area contributed by atoms with E-state index >= 15 is 0 Å². The first-order valence-electron chi connectivity index (χ1n) is 6.76. The van der Waals surface area contributed by atoms with Gasteiger partial charge in [-0.15, -0.1) is 23.1 Å². The lowest BCUT2D eigenvalue weighted by Gasteiger charge is -2.18. The van der Waals surface area contributed by atoms with E-state index in [0.29, 0.717) is 6.04 Å². The van der Waals surface area contributed by atoms with E-state index in [9.17, 15) is 0 Å². The molecule has 102 valence electrons. The van der Waals surface area contributed by atoms with Crippen molar-refractivity contribution in [1.82, 2.24) is 5.32 Å². The monoisotopic (exact) mass is 291 g/mol. The van der Waals surface area contributed by atoms with E-state index in [4.69, 9.17) is 0 Å². The van der Waals surface area contributed by atoms with Gasteiger partial charge in [-0.2, -0.15) is 0 Å². The van der Waals surface area contributed by atoms with Crippen LogP contribution in [0.15, 0.2) is 46.0 Å². The molecule has 0 radical (unpaired) electrons. The summed E-state index contributed by atoms with van der Waals surface area (Å²) in [6, 6.07) is 13.6. The molecule has 1 aromatic heterocycles. The predicted octanol–water partition coefficient (Wildman–Crippen LogP) is 4.89. The van der Waals surface area contributed by atoms with Gasteiger partial charge in [0.1, 0.15) is 0 Å². The molecular weight excluding hydrogens is 270 g/mol. The topological polar surface area (TPSA) is 12.0 Å². The van der Waals surface area contributed by atoms with Gasteiger partial charge in [-0.05, 0) is 36.9 Å². The molecular formula is C16H21NS2. The van der Waals surface area contributed by atoms with Gasteiger partial charge < -0.3 is 5.32 Å². The first-order chi connectivity index (χ1) is 9.29. The lowest BCUT2D eigenvalue weighted by atomic mass is 10.1. The molecule has 0 spiro atoms. The SMILES string of the molecule is CCCNC(CSc1cccs1)c1ccc(C)cc1. The van der Waals surface area contributed by atoms with Gasteiger partial charge in [-0.25, -0.2) is 0 Å². The summed E-state index contributed by atoms with van der Waals surface area (Å²) < 4.78 is 1.40. The van der Waals surface area contributed by atoms with E-state index in [-0.39, 0.29) is 0 Å². The highest BCUT2D eigenvalue weighted by atomic mass is 32.2. The predicted molar refractivity (Wildman–Crippen MR) is 87.3 cm³/mol. The van der Waals surface area contributed by atoms with E-state index in [0.717, 1.165) is 12.3 Å². The summed E-state index contributed by atoms with van der Waals surface area (Å²) >= 11 is 3.76. The molecule has 19 heavy (non-hydrogen) atoms. The van der Waals surface area contributed by atoms with E-state index in [1.807, 2.05) is 23.1 Å². The molecule has 2 aromatic rings. The van der Waals surface area contributed by atoms with E-state index < -0.39 is 0 Å². The van der Waals surface area contributed by atoms with Crippen LogP contribution in [0.25, 0.3) is 0 Å². The van der Waals surface area contributed by atoms with Crippen LogP contribution in [0.2, 0.25) is 0 Å². The van der Waals surface area contributed by atoms with Crippen molar-refractivity contribution in [1.29, 1.82) is 0 Å². The zero-order chi connectivity index (χ0) is 13.5. The fourth-order valence-electron chi connectivity index (χ4n) is 1.90. The minimum atomic E-state index is 0.438. The molecule has 0 saturated carbocycles. The van der Waals surface area contributed by atoms with Gasteiger partial charge in [-0.3, -0.25) is 0 Å². The van der Waals surface area contributed by atoms with Gasteiger partial charge in [0.05, 0.1) is 4.21 Å². The summed E-state index contributed by atoms with van der Waals surface area (Å²) in [5, 5.41) is 5.79. The van der Waals surface area contributed by atoms with Gasteiger partial charge in [0.2, 0.25) is 0 Å². The fraction of sp³-hybridized carbons (Fsp3) is 0.375. The third-order valence-electron chi connectivity index (χ3n) is 3.01. The second-order valence-corrected chi connectivity index (χ2v) is 6.93. The van der Waals surface area contributed by atoms with Crippen LogP contribution in [-0.2, 0) is 0 Å². The molecule has 0 aliphatic rings. The van der Waals surface area contributed by atoms with Crippen LogP contribution >= 0.6 is 23.1 Å². The number of thioether (sulfide) groups is 1. The maximum absolute atomic E-state index is 3.65. The summed E-state index contributed by atoms with van der Waals surface area (Å²) in [5.74, 6) is 1.09. The average molecular weight is 291 g/mol. The molecule has 1 N–H and O–H groups in total. The van der Waals surface area contributed by atoms with Gasteiger partial charge in [0.25, 0.3) is 0 Å². The summed E-state index contributed by atoms with van der Waals surface area (Å²) in [4.78, 5) is 0. The molecule has 1 aromatic carbocycles. The van der Waals surface area contributed by atoms with E-state index in [2.05, 4.69) is 60.9 Å². The molecule has 0 bridgehead atoms. The first kappa shape index (κ1) is 14.6. The molecule has 0 amide bonds. The molecule has 1 nitrogen and oxygen atoms in total. The Labute approximate surface area is 124 Å². The minimum Gasteiger partial charge on any atom is -0.309 e. The second-order valence-electron chi connectivity index (χ2n) is 4.66. The number of benzene rings is 1. The number of hydrogen-bond donors (Lipinski definition) is 1. The van der Waals surface area contributed by atoms with Crippen LogP contribution in [0.4, 0.5) is 0 Å². The maximum Gasteiger partial charge on any atom is 0.0599 e. The molecule has 2 rings (SSSR count). The smallest absolute Gasteiger partial charge is 0.0599 e. The normalized spacial score (nSPS) is 12.5. The fourth-order valence-corrected chi connectivity index (χ4v) is 3.81. The molecule has 1 atom stereocenters. The molecule has 1 heterocycles. The highest BCUT2D eigenvalue weighted by Gasteiger charge is 2.11. The van der Waals surface area contributed by atoms with Gasteiger partial charge in [0, 0.05) is 11.8 Å². The second kappa shape index (κ2) is 7.73. The van der Waals surface area contributed by atoms with Crippen LogP contribution in [0.3, 0.4) is 0 Å². The summed E-state index contributed by atoms with van der Waals surface area (Å²) in [5.41, 5.74) is 2.71. The van der Waals surface area contributed by atoms with Gasteiger partial charge >= 0.3 is 0 Å². The lowest BCUT2D eigenvalue weighted by Crippen LogP contribution is -2.24. The molecule has 0 aliphatic heterocycles. The van der Waals surface area contributed by atoms with Crippen molar-refractivity contribution in [3.8, 4) is 0 Å². The molecule has 0 aliphatic carbocycles. The van der Waals surface area contributed by atoms with E-state index in [1.165, 1.54) is 21.8 Å². The standard InChI is InChI=1S/C16H21NS2/c1-3-10-17-15(12-19-16-5-4-11-18-16)14-8-6-13(2)7-9-14/h4-9,11,15,17H,3,10,12H2,1-2H3. The van der Waals surface area contributed by atoms with Crippen LogP contribution < -0.4 is 5.32 Å². The Balaban J connectivity index is 2.00. The van der Waals surface area contributed by atoms with E-state index in [1.54, 1.807) is 0 Å². The van der Waals surface area contributed by atoms with Crippen molar-refractivity contribution >= 4 is 23.1 Å². The Bertz CT molecular complexity index is 462. The first-order valence-corrected chi connectivity index (χ1v) is 8.62. The Morgan fingerprint density at radius 2 is 2.00 bits per heavy atom. The maximum atomic E-state index is 3.65. The number of rotatable bonds is 7. The summed E-state index contributed by atoms with van der Waals surface area (Å²) in [6.45, 7) is 5.42. The summed E-state index contributed by atoms with van der Waals surface area (Å²) in [7, 11) is 0. The number of thiophene rings is 1. The van der Waals surface area contributed by atoms with Crippen LogP contribution in [-0.4, -0.2) is 12.3 Å². The average Bonchev–Trinajstić information content (AvgIpc) is 2.93. The van der Waals surface area contributed by atoms with Crippen molar-refractivity contribution in [2.24, 2.45) is 0 Å². The minimum absolute atomic E-state index is 0.438. The third kappa shape index (κ3) is 4.68. The Morgan fingerprint density at radius 1 is 1.21 bits per heavy atom. The molecule has 1 unspecified atom stereocenters. The van der Waals surface area contributed by atoms with Crippen molar-refractivity contribution in [3.63, 3.8) is 0 Å². The van der Waals surface area contributed by atoms with Gasteiger partial charge in [0.15, 0.2) is 0 Å². The van der Waals surface area contributed by atoms with Crippen LogP contribution in [0.1, 0.15) is 30.5 Å². The van der Waals surface area contributed by atoms with Gasteiger partial charge in [-0.1, -0.05) is 42.8 Å². The lowest BCUT2D eigenvalue weighted by molar-refractivity contribution is 0.577. The molecule has 3 heteroatoms. The zero-order valence-electron chi connectivity index (χ0n) is 11.6. The largest absolute Gasteiger partial charge is 0.309 e. The number of nitrogens with one attached hydrogen (secondary N) is 1. The molecule has 0 fully saturated rings. The Hall–Kier alpha value is -0.770. The number of aryl methyl sites for hydroxylation is 1. The van der Waals surface area contributed by atoms with Crippen molar-refractivity contribution in [3.05, 3.63) is 52.9 Å². The number of hydrogen-bond acceptors (Lipinski definition) is 3. The summed E-state index contributed by atoms with van der Waals surface area (Å²) in [6.07, 6.45) is 1.17. The van der Waals surface area contributed by atoms with Crippen molar-refractivity contribution in [2.45, 2.75) is 30.5 Å². The van der Waals surface area contributed by atoms with Crippen molar-refractivity contribution < 1.29 is 0 Å². The molecule has 0 saturated heterocycles. The Morgan fingerprint density at radius 3 is 2.63 bits per heavy atom.